The van der Waals surface area contributed by atoms with E-state index in [9.17, 15) is 5.11 Å². The third-order valence-corrected chi connectivity index (χ3v) is 4.10. The van der Waals surface area contributed by atoms with Gasteiger partial charge < -0.3 is 15.7 Å². The van der Waals surface area contributed by atoms with Crippen LogP contribution in [0.4, 0.5) is 11.6 Å². The summed E-state index contributed by atoms with van der Waals surface area (Å²) in [5.41, 5.74) is 0.830. The number of rotatable bonds is 6. The van der Waals surface area contributed by atoms with E-state index in [4.69, 9.17) is 0 Å². The Bertz CT molecular complexity index is 455. The third kappa shape index (κ3) is 3.03. The van der Waals surface area contributed by atoms with Crippen molar-refractivity contribution in [3.63, 3.8) is 0 Å². The molecule has 0 saturated heterocycles. The van der Waals surface area contributed by atoms with E-state index in [2.05, 4.69) is 34.4 Å². The molecule has 0 atom stereocenters. The molecule has 112 valence electrons. The Morgan fingerprint density at radius 1 is 1.15 bits per heavy atom. The Balaban J connectivity index is 2.32. The number of hydrogen-bond donors (Lipinski definition) is 3. The summed E-state index contributed by atoms with van der Waals surface area (Å²) >= 11 is 0. The molecule has 0 radical (unpaired) electrons. The average Bonchev–Trinajstić information content (AvgIpc) is 2.92. The van der Waals surface area contributed by atoms with Gasteiger partial charge >= 0.3 is 0 Å². The van der Waals surface area contributed by atoms with Gasteiger partial charge in [-0.25, -0.2) is 9.97 Å². The van der Waals surface area contributed by atoms with Gasteiger partial charge in [-0.05, 0) is 26.7 Å². The van der Waals surface area contributed by atoms with Crippen LogP contribution in [0.3, 0.4) is 0 Å². The lowest BCUT2D eigenvalue weighted by Gasteiger charge is -2.30. The number of nitrogens with one attached hydrogen (secondary N) is 2. The van der Waals surface area contributed by atoms with Crippen LogP contribution < -0.4 is 10.6 Å². The first-order valence-corrected chi connectivity index (χ1v) is 7.64. The summed E-state index contributed by atoms with van der Waals surface area (Å²) in [5.74, 6) is 2.59. The summed E-state index contributed by atoms with van der Waals surface area (Å²) in [6.07, 6.45) is 5.14. The predicted molar refractivity (Wildman–Crippen MR) is 82.2 cm³/mol. The minimum atomic E-state index is -0.201. The molecule has 0 unspecified atom stereocenters. The number of aliphatic hydroxyl groups excluding tert-OH is 1. The van der Waals surface area contributed by atoms with Gasteiger partial charge in [0.15, 0.2) is 0 Å². The fraction of sp³-hybridized carbons (Fsp3) is 0.733. The molecule has 20 heavy (non-hydrogen) atoms. The van der Waals surface area contributed by atoms with Gasteiger partial charge in [0.2, 0.25) is 0 Å². The van der Waals surface area contributed by atoms with E-state index in [0.29, 0.717) is 0 Å². The maximum Gasteiger partial charge on any atom is 0.135 e. The minimum Gasteiger partial charge on any atom is -0.394 e. The zero-order valence-electron chi connectivity index (χ0n) is 12.8. The maximum absolute atomic E-state index is 9.75. The van der Waals surface area contributed by atoms with Gasteiger partial charge in [-0.3, -0.25) is 0 Å². The van der Waals surface area contributed by atoms with Crippen LogP contribution in [0.2, 0.25) is 0 Å². The summed E-state index contributed by atoms with van der Waals surface area (Å²) in [7, 11) is 0. The van der Waals surface area contributed by atoms with Crippen LogP contribution in [0.1, 0.15) is 50.9 Å². The topological polar surface area (TPSA) is 70.1 Å². The predicted octanol–water partition coefficient (Wildman–Crippen LogP) is 2.50. The summed E-state index contributed by atoms with van der Waals surface area (Å²) in [6, 6.07) is 0. The molecule has 1 heterocycles. The maximum atomic E-state index is 9.75. The van der Waals surface area contributed by atoms with Crippen molar-refractivity contribution in [2.45, 2.75) is 58.4 Å². The monoisotopic (exact) mass is 278 g/mol. The lowest BCUT2D eigenvalue weighted by atomic mass is 9.98. The first-order valence-electron chi connectivity index (χ1n) is 7.64. The average molecular weight is 278 g/mol. The SMILES string of the molecule is CCNc1nc(CC)nc(NC2(CO)CCCC2)c1C. The van der Waals surface area contributed by atoms with Gasteiger partial charge in [-0.1, -0.05) is 19.8 Å². The first-order chi connectivity index (χ1) is 9.64. The van der Waals surface area contributed by atoms with Crippen molar-refractivity contribution >= 4 is 11.6 Å². The fourth-order valence-corrected chi connectivity index (χ4v) is 2.81. The van der Waals surface area contributed by atoms with Crippen molar-refractivity contribution < 1.29 is 5.11 Å². The molecule has 3 N–H and O–H groups in total. The van der Waals surface area contributed by atoms with Gasteiger partial charge in [-0.15, -0.1) is 0 Å². The Morgan fingerprint density at radius 3 is 2.35 bits per heavy atom. The molecule has 1 saturated carbocycles. The van der Waals surface area contributed by atoms with Gasteiger partial charge in [0.05, 0.1) is 12.1 Å². The van der Waals surface area contributed by atoms with Crippen LogP contribution >= 0.6 is 0 Å². The highest BCUT2D eigenvalue weighted by molar-refractivity contribution is 5.58. The standard InChI is InChI=1S/C15H26N4O/c1-4-12-17-13(16-5-2)11(3)14(18-12)19-15(10-20)8-6-7-9-15/h20H,4-10H2,1-3H3,(H2,16,17,18,19). The van der Waals surface area contributed by atoms with Crippen LogP contribution in [-0.4, -0.2) is 33.8 Å². The number of anilines is 2. The molecule has 0 spiro atoms. The normalized spacial score (nSPS) is 17.2. The summed E-state index contributed by atoms with van der Waals surface area (Å²) in [5, 5.41) is 16.5. The molecule has 0 aromatic carbocycles. The van der Waals surface area contributed by atoms with E-state index in [0.717, 1.165) is 48.8 Å². The Hall–Kier alpha value is -1.36. The van der Waals surface area contributed by atoms with Crippen LogP contribution in [0.15, 0.2) is 0 Å². The van der Waals surface area contributed by atoms with Crippen molar-refractivity contribution in [3.05, 3.63) is 11.4 Å². The first kappa shape index (κ1) is 15.0. The molecule has 2 rings (SSSR count). The van der Waals surface area contributed by atoms with Gasteiger partial charge in [0.1, 0.15) is 17.5 Å². The number of hydrogen-bond acceptors (Lipinski definition) is 5. The second kappa shape index (κ2) is 6.39. The fourth-order valence-electron chi connectivity index (χ4n) is 2.81. The van der Waals surface area contributed by atoms with Gasteiger partial charge in [0, 0.05) is 18.5 Å². The summed E-state index contributed by atoms with van der Waals surface area (Å²) in [4.78, 5) is 9.16. The molecule has 0 bridgehead atoms. The highest BCUT2D eigenvalue weighted by Crippen LogP contribution is 2.34. The number of aromatic nitrogens is 2. The van der Waals surface area contributed by atoms with Crippen molar-refractivity contribution in [2.24, 2.45) is 0 Å². The highest BCUT2D eigenvalue weighted by Gasteiger charge is 2.34. The van der Waals surface area contributed by atoms with Crippen LogP contribution in [0, 0.1) is 6.92 Å². The molecule has 1 fully saturated rings. The largest absolute Gasteiger partial charge is 0.394 e. The molecule has 1 aromatic rings. The van der Waals surface area contributed by atoms with Crippen LogP contribution in [0.5, 0.6) is 0 Å². The molecule has 1 aliphatic rings. The molecular formula is C15H26N4O. The van der Waals surface area contributed by atoms with E-state index in [-0.39, 0.29) is 12.1 Å². The van der Waals surface area contributed by atoms with E-state index < -0.39 is 0 Å². The Morgan fingerprint density at radius 2 is 1.80 bits per heavy atom. The van der Waals surface area contributed by atoms with Crippen LogP contribution in [0.25, 0.3) is 0 Å². The van der Waals surface area contributed by atoms with Gasteiger partial charge in [0.25, 0.3) is 0 Å². The molecule has 5 nitrogen and oxygen atoms in total. The Labute approximate surface area is 121 Å². The number of nitrogens with zero attached hydrogens (tertiary/aromatic N) is 2. The van der Waals surface area contributed by atoms with E-state index in [1.54, 1.807) is 0 Å². The van der Waals surface area contributed by atoms with Crippen molar-refractivity contribution in [1.29, 1.82) is 0 Å². The lowest BCUT2D eigenvalue weighted by molar-refractivity contribution is 0.213. The smallest absolute Gasteiger partial charge is 0.135 e. The van der Waals surface area contributed by atoms with Crippen LogP contribution in [-0.2, 0) is 6.42 Å². The summed E-state index contributed by atoms with van der Waals surface area (Å²) in [6.45, 7) is 7.15. The molecule has 0 aliphatic heterocycles. The highest BCUT2D eigenvalue weighted by atomic mass is 16.3. The molecule has 5 heteroatoms. The minimum absolute atomic E-state index is 0.161. The quantitative estimate of drug-likeness (QED) is 0.746. The molecule has 0 amide bonds. The Kier molecular flexibility index (Phi) is 4.81. The second-order valence-electron chi connectivity index (χ2n) is 5.62. The summed E-state index contributed by atoms with van der Waals surface area (Å²) < 4.78 is 0. The van der Waals surface area contributed by atoms with Crippen molar-refractivity contribution in [3.8, 4) is 0 Å². The van der Waals surface area contributed by atoms with E-state index in [1.807, 2.05) is 6.92 Å². The van der Waals surface area contributed by atoms with Crippen molar-refractivity contribution in [2.75, 3.05) is 23.8 Å². The zero-order chi connectivity index (χ0) is 14.6. The van der Waals surface area contributed by atoms with Gasteiger partial charge in [-0.2, -0.15) is 0 Å². The number of aryl methyl sites for hydroxylation is 1. The second-order valence-corrected chi connectivity index (χ2v) is 5.62. The third-order valence-electron chi connectivity index (χ3n) is 4.10. The van der Waals surface area contributed by atoms with E-state index >= 15 is 0 Å². The van der Waals surface area contributed by atoms with Crippen molar-refractivity contribution in [1.82, 2.24) is 9.97 Å². The van der Waals surface area contributed by atoms with E-state index in [1.165, 1.54) is 12.8 Å². The molecule has 1 aliphatic carbocycles. The number of aliphatic hydroxyl groups is 1. The molecule has 1 aromatic heterocycles. The zero-order valence-corrected chi connectivity index (χ0v) is 12.8. The molecular weight excluding hydrogens is 252 g/mol. The lowest BCUT2D eigenvalue weighted by Crippen LogP contribution is -2.39.